The van der Waals surface area contributed by atoms with Gasteiger partial charge in [0, 0.05) is 27.4 Å². The lowest BCUT2D eigenvalue weighted by Crippen LogP contribution is -2.01. The average Bonchev–Trinajstić information content (AvgIpc) is 2.84. The topological polar surface area (TPSA) is 50.7 Å². The first kappa shape index (κ1) is 13.3. The fourth-order valence-electron chi connectivity index (χ4n) is 1.94. The van der Waals surface area contributed by atoms with Crippen molar-refractivity contribution in [1.82, 2.24) is 0 Å². The fraction of sp³-hybridized carbons (Fsp3) is 0.143. The quantitative estimate of drug-likeness (QED) is 0.793. The van der Waals surface area contributed by atoms with Crippen molar-refractivity contribution in [2.24, 2.45) is 0 Å². The summed E-state index contributed by atoms with van der Waals surface area (Å²) in [6.45, 7) is 0.575. The summed E-state index contributed by atoms with van der Waals surface area (Å²) in [5, 5.41) is 13.1. The van der Waals surface area contributed by atoms with Crippen LogP contribution in [0.4, 0.5) is 10.1 Å². The summed E-state index contributed by atoms with van der Waals surface area (Å²) in [6.07, 6.45) is 0. The lowest BCUT2D eigenvalue weighted by atomic mass is 10.1. The van der Waals surface area contributed by atoms with Crippen LogP contribution in [0, 0.1) is 9.39 Å². The number of hydrogen-bond donors (Lipinski definition) is 2. The van der Waals surface area contributed by atoms with E-state index in [1.165, 1.54) is 18.2 Å². The molecule has 0 fully saturated rings. The Morgan fingerprint density at radius 2 is 1.95 bits per heavy atom. The molecule has 0 saturated carbocycles. The zero-order chi connectivity index (χ0) is 14.1. The molecule has 2 aromatic rings. The van der Waals surface area contributed by atoms with Crippen molar-refractivity contribution in [3.63, 3.8) is 0 Å². The summed E-state index contributed by atoms with van der Waals surface area (Å²) in [5.74, 6) is 1.03. The summed E-state index contributed by atoms with van der Waals surface area (Å²) < 4.78 is 24.3. The molecule has 0 unspecified atom stereocenters. The van der Waals surface area contributed by atoms with Crippen LogP contribution in [0.1, 0.15) is 5.56 Å². The molecular weight excluding hydrogens is 376 g/mol. The normalized spacial score (nSPS) is 12.5. The third kappa shape index (κ3) is 2.60. The first-order valence-electron chi connectivity index (χ1n) is 5.94. The van der Waals surface area contributed by atoms with Gasteiger partial charge in [-0.2, -0.15) is 0 Å². The molecule has 1 aliphatic rings. The zero-order valence-electron chi connectivity index (χ0n) is 10.3. The van der Waals surface area contributed by atoms with Crippen LogP contribution in [0.25, 0.3) is 0 Å². The van der Waals surface area contributed by atoms with Gasteiger partial charge < -0.3 is 19.9 Å². The van der Waals surface area contributed by atoms with Gasteiger partial charge in [0.2, 0.25) is 6.79 Å². The second-order valence-corrected chi connectivity index (χ2v) is 5.47. The van der Waals surface area contributed by atoms with Crippen LogP contribution in [0.15, 0.2) is 30.3 Å². The molecule has 104 valence electrons. The Balaban J connectivity index is 1.78. The molecule has 4 nitrogen and oxygen atoms in total. The van der Waals surface area contributed by atoms with Crippen LogP contribution in [0.5, 0.6) is 17.2 Å². The zero-order valence-corrected chi connectivity index (χ0v) is 12.5. The van der Waals surface area contributed by atoms with Gasteiger partial charge in [-0.1, -0.05) is 0 Å². The molecule has 0 aromatic heterocycles. The first-order valence-corrected chi connectivity index (χ1v) is 7.02. The number of benzene rings is 2. The van der Waals surface area contributed by atoms with E-state index in [2.05, 4.69) is 27.9 Å². The van der Waals surface area contributed by atoms with Crippen LogP contribution in [0.3, 0.4) is 0 Å². The molecule has 2 aromatic carbocycles. The van der Waals surface area contributed by atoms with Gasteiger partial charge in [-0.15, -0.1) is 0 Å². The number of rotatable bonds is 3. The number of aromatic hydroxyl groups is 1. The molecule has 2 N–H and O–H groups in total. The van der Waals surface area contributed by atoms with Crippen molar-refractivity contribution in [3.05, 3.63) is 45.3 Å². The molecule has 20 heavy (non-hydrogen) atoms. The highest BCUT2D eigenvalue weighted by Crippen LogP contribution is 2.37. The van der Waals surface area contributed by atoms with Crippen molar-refractivity contribution in [2.45, 2.75) is 6.54 Å². The Labute approximate surface area is 128 Å². The molecule has 0 spiro atoms. The van der Waals surface area contributed by atoms with E-state index in [1.54, 1.807) is 12.1 Å². The minimum atomic E-state index is -0.272. The van der Waals surface area contributed by atoms with E-state index in [9.17, 15) is 9.50 Å². The number of phenols is 1. The van der Waals surface area contributed by atoms with Crippen LogP contribution < -0.4 is 14.8 Å². The highest BCUT2D eigenvalue weighted by atomic mass is 127. The molecule has 6 heteroatoms. The minimum absolute atomic E-state index is 0.138. The Hall–Kier alpha value is -1.70. The average molecular weight is 387 g/mol. The standard InChI is InChI=1S/C14H11FINO3/c15-9-1-2-11(10(16)4-9)17-6-8-3-13-14(5-12(8)18)20-7-19-13/h1-5,17-18H,6-7H2. The SMILES string of the molecule is Oc1cc2c(cc1CNc1ccc(F)cc1I)OCO2. The van der Waals surface area contributed by atoms with Gasteiger partial charge in [-0.05, 0) is 46.9 Å². The molecular formula is C14H11FINO3. The fourth-order valence-corrected chi connectivity index (χ4v) is 2.61. The third-order valence-electron chi connectivity index (χ3n) is 2.97. The first-order chi connectivity index (χ1) is 9.63. The van der Waals surface area contributed by atoms with Crippen molar-refractivity contribution in [1.29, 1.82) is 0 Å². The highest BCUT2D eigenvalue weighted by molar-refractivity contribution is 14.1. The maximum Gasteiger partial charge on any atom is 0.231 e. The van der Waals surface area contributed by atoms with Gasteiger partial charge in [0.25, 0.3) is 0 Å². The summed E-state index contributed by atoms with van der Waals surface area (Å²) in [4.78, 5) is 0. The number of fused-ring (bicyclic) bond motifs is 1. The summed E-state index contributed by atoms with van der Waals surface area (Å²) in [6, 6.07) is 7.78. The number of ether oxygens (including phenoxy) is 2. The van der Waals surface area contributed by atoms with E-state index in [0.717, 1.165) is 9.26 Å². The van der Waals surface area contributed by atoms with Crippen molar-refractivity contribution >= 4 is 28.3 Å². The molecule has 0 bridgehead atoms. The number of phenolic OH excluding ortho intramolecular Hbond substituents is 1. The largest absolute Gasteiger partial charge is 0.507 e. The Morgan fingerprint density at radius 3 is 2.70 bits per heavy atom. The van der Waals surface area contributed by atoms with E-state index < -0.39 is 0 Å². The minimum Gasteiger partial charge on any atom is -0.507 e. The number of hydrogen-bond acceptors (Lipinski definition) is 4. The van der Waals surface area contributed by atoms with Crippen LogP contribution in [-0.2, 0) is 6.54 Å². The van der Waals surface area contributed by atoms with Gasteiger partial charge in [-0.3, -0.25) is 0 Å². The summed E-state index contributed by atoms with van der Waals surface area (Å²) >= 11 is 2.06. The second-order valence-electron chi connectivity index (χ2n) is 4.31. The van der Waals surface area contributed by atoms with E-state index in [0.29, 0.717) is 23.6 Å². The molecule has 3 rings (SSSR count). The predicted molar refractivity (Wildman–Crippen MR) is 80.7 cm³/mol. The molecule has 0 radical (unpaired) electrons. The number of nitrogens with one attached hydrogen (secondary N) is 1. The highest BCUT2D eigenvalue weighted by Gasteiger charge is 2.16. The second kappa shape index (κ2) is 5.35. The number of anilines is 1. The van der Waals surface area contributed by atoms with Gasteiger partial charge in [0.1, 0.15) is 11.6 Å². The Bertz CT molecular complexity index is 663. The van der Waals surface area contributed by atoms with Crippen LogP contribution in [0.2, 0.25) is 0 Å². The maximum atomic E-state index is 13.0. The van der Waals surface area contributed by atoms with Gasteiger partial charge in [0.15, 0.2) is 11.5 Å². The van der Waals surface area contributed by atoms with E-state index >= 15 is 0 Å². The van der Waals surface area contributed by atoms with E-state index in [1.807, 2.05) is 0 Å². The maximum absolute atomic E-state index is 13.0. The van der Waals surface area contributed by atoms with Gasteiger partial charge in [0.05, 0.1) is 0 Å². The summed E-state index contributed by atoms with van der Waals surface area (Å²) in [5.41, 5.74) is 1.50. The molecule has 0 aliphatic carbocycles. The lowest BCUT2D eigenvalue weighted by molar-refractivity contribution is 0.174. The van der Waals surface area contributed by atoms with E-state index in [4.69, 9.17) is 9.47 Å². The third-order valence-corrected chi connectivity index (χ3v) is 3.87. The van der Waals surface area contributed by atoms with Crippen molar-refractivity contribution < 1.29 is 19.0 Å². The molecule has 1 heterocycles. The van der Waals surface area contributed by atoms with Crippen molar-refractivity contribution in [3.8, 4) is 17.2 Å². The summed E-state index contributed by atoms with van der Waals surface area (Å²) in [7, 11) is 0. The predicted octanol–water partition coefficient (Wildman–Crippen LogP) is 3.48. The van der Waals surface area contributed by atoms with Crippen LogP contribution in [-0.4, -0.2) is 11.9 Å². The smallest absolute Gasteiger partial charge is 0.231 e. The molecule has 0 atom stereocenters. The van der Waals surface area contributed by atoms with E-state index in [-0.39, 0.29) is 18.4 Å². The van der Waals surface area contributed by atoms with Crippen molar-refractivity contribution in [2.75, 3.05) is 12.1 Å². The number of halogens is 2. The molecule has 1 aliphatic heterocycles. The molecule has 0 amide bonds. The Kier molecular flexibility index (Phi) is 3.56. The van der Waals surface area contributed by atoms with Crippen LogP contribution >= 0.6 is 22.6 Å². The van der Waals surface area contributed by atoms with Gasteiger partial charge >= 0.3 is 0 Å². The lowest BCUT2D eigenvalue weighted by Gasteiger charge is -2.10. The van der Waals surface area contributed by atoms with Gasteiger partial charge in [-0.25, -0.2) is 4.39 Å². The molecule has 0 saturated heterocycles. The Morgan fingerprint density at radius 1 is 1.20 bits per heavy atom. The monoisotopic (exact) mass is 387 g/mol.